The second kappa shape index (κ2) is 5.69. The van der Waals surface area contributed by atoms with Crippen LogP contribution >= 0.6 is 0 Å². The first-order chi connectivity index (χ1) is 8.20. The zero-order valence-electron chi connectivity index (χ0n) is 11.5. The Morgan fingerprint density at radius 3 is 2.53 bits per heavy atom. The second-order valence-electron chi connectivity index (χ2n) is 5.50. The Kier molecular flexibility index (Phi) is 4.24. The minimum Gasteiger partial charge on any atom is -0.350 e. The lowest BCUT2D eigenvalue weighted by atomic mass is 10.2. The van der Waals surface area contributed by atoms with Crippen LogP contribution in [0.25, 0.3) is 0 Å². The van der Waals surface area contributed by atoms with Gasteiger partial charge in [-0.05, 0) is 25.5 Å². The SMILES string of the molecule is CCC(C)[NH+]1CC[NH+](Cc2cccn2C)CC1. The minimum atomic E-state index is 0.839. The van der Waals surface area contributed by atoms with Crippen molar-refractivity contribution in [2.24, 2.45) is 7.05 Å². The van der Waals surface area contributed by atoms with Gasteiger partial charge in [-0.3, -0.25) is 0 Å². The largest absolute Gasteiger partial charge is 0.350 e. The highest BCUT2D eigenvalue weighted by molar-refractivity contribution is 5.04. The van der Waals surface area contributed by atoms with Crippen molar-refractivity contribution in [1.82, 2.24) is 4.57 Å². The summed E-state index contributed by atoms with van der Waals surface area (Å²) in [7, 11) is 2.15. The van der Waals surface area contributed by atoms with E-state index in [1.165, 1.54) is 44.8 Å². The van der Waals surface area contributed by atoms with Gasteiger partial charge in [0.05, 0.1) is 11.7 Å². The van der Waals surface area contributed by atoms with Crippen molar-refractivity contribution in [3.8, 4) is 0 Å². The Balaban J connectivity index is 1.81. The molecule has 0 bridgehead atoms. The van der Waals surface area contributed by atoms with Crippen LogP contribution in [-0.4, -0.2) is 36.8 Å². The Morgan fingerprint density at radius 1 is 1.29 bits per heavy atom. The van der Waals surface area contributed by atoms with E-state index in [9.17, 15) is 0 Å². The van der Waals surface area contributed by atoms with Gasteiger partial charge in [0.2, 0.25) is 0 Å². The van der Waals surface area contributed by atoms with Crippen LogP contribution < -0.4 is 9.80 Å². The summed E-state index contributed by atoms with van der Waals surface area (Å²) in [5, 5.41) is 0. The number of hydrogen-bond acceptors (Lipinski definition) is 0. The van der Waals surface area contributed by atoms with Crippen LogP contribution in [0, 0.1) is 0 Å². The third-order valence-electron chi connectivity index (χ3n) is 4.39. The van der Waals surface area contributed by atoms with Gasteiger partial charge in [0.1, 0.15) is 32.7 Å². The van der Waals surface area contributed by atoms with Gasteiger partial charge < -0.3 is 14.4 Å². The van der Waals surface area contributed by atoms with Gasteiger partial charge in [-0.25, -0.2) is 0 Å². The number of hydrogen-bond donors (Lipinski definition) is 2. The minimum absolute atomic E-state index is 0.839. The van der Waals surface area contributed by atoms with Crippen LogP contribution in [0.2, 0.25) is 0 Å². The smallest absolute Gasteiger partial charge is 0.127 e. The predicted octanol–water partition coefficient (Wildman–Crippen LogP) is -0.893. The van der Waals surface area contributed by atoms with Gasteiger partial charge in [-0.1, -0.05) is 6.92 Å². The summed E-state index contributed by atoms with van der Waals surface area (Å²) in [6, 6.07) is 5.24. The Labute approximate surface area is 105 Å². The molecule has 3 heteroatoms. The lowest BCUT2D eigenvalue weighted by Gasteiger charge is -2.32. The monoisotopic (exact) mass is 237 g/mol. The third-order valence-corrected chi connectivity index (χ3v) is 4.39. The molecular formula is C14H27N3+2. The van der Waals surface area contributed by atoms with E-state index >= 15 is 0 Å². The van der Waals surface area contributed by atoms with Gasteiger partial charge >= 0.3 is 0 Å². The fraction of sp³-hybridized carbons (Fsp3) is 0.714. The maximum Gasteiger partial charge on any atom is 0.127 e. The van der Waals surface area contributed by atoms with Crippen LogP contribution in [0.4, 0.5) is 0 Å². The van der Waals surface area contributed by atoms with E-state index in [0.717, 1.165) is 6.04 Å². The average Bonchev–Trinajstić information content (AvgIpc) is 2.75. The fourth-order valence-corrected chi connectivity index (χ4v) is 2.82. The summed E-state index contributed by atoms with van der Waals surface area (Å²) in [4.78, 5) is 3.56. The third kappa shape index (κ3) is 3.11. The number of nitrogens with one attached hydrogen (secondary N) is 2. The van der Waals surface area contributed by atoms with Crippen LogP contribution in [0.3, 0.4) is 0 Å². The van der Waals surface area contributed by atoms with Gasteiger partial charge in [-0.2, -0.15) is 0 Å². The first kappa shape index (κ1) is 12.7. The zero-order chi connectivity index (χ0) is 12.3. The van der Waals surface area contributed by atoms with E-state index in [0.29, 0.717) is 0 Å². The van der Waals surface area contributed by atoms with Gasteiger partial charge in [-0.15, -0.1) is 0 Å². The summed E-state index contributed by atoms with van der Waals surface area (Å²) in [5.41, 5.74) is 1.46. The zero-order valence-corrected chi connectivity index (χ0v) is 11.5. The molecule has 0 aromatic carbocycles. The second-order valence-corrected chi connectivity index (χ2v) is 5.50. The Hall–Kier alpha value is -0.800. The molecule has 1 aromatic rings. The molecule has 0 amide bonds. The molecule has 1 aliphatic heterocycles. The molecule has 0 saturated carbocycles. The Morgan fingerprint density at radius 2 is 2.00 bits per heavy atom. The predicted molar refractivity (Wildman–Crippen MR) is 70.3 cm³/mol. The first-order valence-electron chi connectivity index (χ1n) is 6.99. The molecule has 17 heavy (non-hydrogen) atoms. The number of aryl methyl sites for hydroxylation is 1. The Bertz CT molecular complexity index is 337. The lowest BCUT2D eigenvalue weighted by molar-refractivity contribution is -1.03. The van der Waals surface area contributed by atoms with Crippen LogP contribution in [0.15, 0.2) is 18.3 Å². The highest BCUT2D eigenvalue weighted by atomic mass is 15.3. The number of quaternary nitrogens is 2. The van der Waals surface area contributed by atoms with Crippen molar-refractivity contribution in [3.63, 3.8) is 0 Å². The summed E-state index contributed by atoms with van der Waals surface area (Å²) in [6.07, 6.45) is 3.46. The number of piperazine rings is 1. The quantitative estimate of drug-likeness (QED) is 0.675. The number of aromatic nitrogens is 1. The summed E-state index contributed by atoms with van der Waals surface area (Å²) < 4.78 is 2.25. The fourth-order valence-electron chi connectivity index (χ4n) is 2.82. The highest BCUT2D eigenvalue weighted by Gasteiger charge is 2.26. The molecule has 0 radical (unpaired) electrons. The molecule has 1 saturated heterocycles. The molecule has 0 spiro atoms. The van der Waals surface area contributed by atoms with E-state index in [4.69, 9.17) is 0 Å². The summed E-state index contributed by atoms with van der Waals surface area (Å²) in [6.45, 7) is 11.2. The van der Waals surface area contributed by atoms with Crippen molar-refractivity contribution in [2.45, 2.75) is 32.9 Å². The summed E-state index contributed by atoms with van der Waals surface area (Å²) >= 11 is 0. The molecule has 96 valence electrons. The number of rotatable bonds is 4. The van der Waals surface area contributed by atoms with E-state index in [-0.39, 0.29) is 0 Å². The van der Waals surface area contributed by atoms with Gasteiger partial charge in [0.25, 0.3) is 0 Å². The van der Waals surface area contributed by atoms with E-state index in [1.807, 2.05) is 4.90 Å². The van der Waals surface area contributed by atoms with Crippen molar-refractivity contribution >= 4 is 0 Å². The van der Waals surface area contributed by atoms with Crippen LogP contribution in [0.5, 0.6) is 0 Å². The number of nitrogens with zero attached hydrogens (tertiary/aromatic N) is 1. The van der Waals surface area contributed by atoms with Crippen LogP contribution in [-0.2, 0) is 13.6 Å². The van der Waals surface area contributed by atoms with Crippen LogP contribution in [0.1, 0.15) is 26.0 Å². The average molecular weight is 237 g/mol. The molecule has 2 heterocycles. The molecule has 2 N–H and O–H groups in total. The molecule has 1 unspecified atom stereocenters. The molecule has 1 aromatic heterocycles. The van der Waals surface area contributed by atoms with Crippen molar-refractivity contribution in [1.29, 1.82) is 0 Å². The molecule has 3 nitrogen and oxygen atoms in total. The van der Waals surface area contributed by atoms with Gasteiger partial charge in [0, 0.05) is 13.2 Å². The standard InChI is InChI=1S/C14H25N3/c1-4-13(2)17-10-8-16(9-11-17)12-14-6-5-7-15(14)3/h5-7,13H,4,8-12H2,1-3H3/p+2. The molecule has 0 aliphatic carbocycles. The first-order valence-corrected chi connectivity index (χ1v) is 6.99. The van der Waals surface area contributed by atoms with Gasteiger partial charge in [0.15, 0.2) is 0 Å². The van der Waals surface area contributed by atoms with Crippen molar-refractivity contribution in [3.05, 3.63) is 24.0 Å². The maximum absolute atomic E-state index is 2.39. The molecule has 2 rings (SSSR count). The molecular weight excluding hydrogens is 210 g/mol. The topological polar surface area (TPSA) is 13.8 Å². The van der Waals surface area contributed by atoms with E-state index in [2.05, 4.69) is 43.8 Å². The van der Waals surface area contributed by atoms with Crippen molar-refractivity contribution in [2.75, 3.05) is 26.2 Å². The normalized spacial score (nSPS) is 27.0. The molecule has 1 aliphatic rings. The maximum atomic E-state index is 2.39. The highest BCUT2D eigenvalue weighted by Crippen LogP contribution is 1.96. The van der Waals surface area contributed by atoms with E-state index < -0.39 is 0 Å². The molecule has 1 atom stereocenters. The summed E-state index contributed by atoms with van der Waals surface area (Å²) in [5.74, 6) is 0. The van der Waals surface area contributed by atoms with Crippen molar-refractivity contribution < 1.29 is 9.80 Å². The lowest BCUT2D eigenvalue weighted by Crippen LogP contribution is -3.29. The van der Waals surface area contributed by atoms with E-state index in [1.54, 1.807) is 4.90 Å². The molecule has 1 fully saturated rings.